The summed E-state index contributed by atoms with van der Waals surface area (Å²) in [5, 5.41) is 12.8. The van der Waals surface area contributed by atoms with Gasteiger partial charge in [-0.15, -0.1) is 11.8 Å². The van der Waals surface area contributed by atoms with Crippen molar-refractivity contribution >= 4 is 40.9 Å². The van der Waals surface area contributed by atoms with E-state index in [1.807, 2.05) is 5.32 Å². The van der Waals surface area contributed by atoms with Crippen LogP contribution in [0, 0.1) is 23.3 Å². The molecule has 0 saturated heterocycles. The molecule has 11 heteroatoms. The Morgan fingerprint density at radius 1 is 0.718 bits per heavy atom. The first-order chi connectivity index (χ1) is 18.7. The minimum atomic E-state index is -1.73. The molecule has 198 valence electrons. The number of rotatable bonds is 8. The first-order valence-electron chi connectivity index (χ1n) is 11.2. The van der Waals surface area contributed by atoms with Gasteiger partial charge in [0.1, 0.15) is 10.9 Å². The van der Waals surface area contributed by atoms with Gasteiger partial charge < -0.3 is 15.7 Å². The highest BCUT2D eigenvalue weighted by molar-refractivity contribution is 8.00. The molecule has 0 aliphatic carbocycles. The van der Waals surface area contributed by atoms with Crippen molar-refractivity contribution in [3.63, 3.8) is 0 Å². The zero-order valence-corrected chi connectivity index (χ0v) is 20.6. The van der Waals surface area contributed by atoms with Crippen molar-refractivity contribution in [1.82, 2.24) is 0 Å². The molecule has 0 spiro atoms. The van der Waals surface area contributed by atoms with Crippen LogP contribution in [0.4, 0.5) is 28.9 Å². The SMILES string of the molecule is O=C(O)c1ccccc1C(=O)Nc1ccc(SC(C(=O)Nc2c(F)c(F)cc(F)c2F)c2ccccc2)cc1. The van der Waals surface area contributed by atoms with Gasteiger partial charge in [0.2, 0.25) is 5.91 Å². The van der Waals surface area contributed by atoms with Crippen LogP contribution in [-0.2, 0) is 4.79 Å². The van der Waals surface area contributed by atoms with Gasteiger partial charge in [-0.25, -0.2) is 22.4 Å². The van der Waals surface area contributed by atoms with Crippen LogP contribution in [0.1, 0.15) is 31.5 Å². The number of carbonyl (C=O) groups excluding carboxylic acids is 2. The van der Waals surface area contributed by atoms with Gasteiger partial charge in [-0.1, -0.05) is 42.5 Å². The first kappa shape index (κ1) is 27.4. The predicted molar refractivity (Wildman–Crippen MR) is 138 cm³/mol. The molecule has 3 N–H and O–H groups in total. The van der Waals surface area contributed by atoms with Crippen molar-refractivity contribution in [2.75, 3.05) is 10.6 Å². The third-order valence-electron chi connectivity index (χ3n) is 5.47. The molecule has 1 unspecified atom stereocenters. The maximum Gasteiger partial charge on any atom is 0.336 e. The topological polar surface area (TPSA) is 95.5 Å². The van der Waals surface area contributed by atoms with Crippen LogP contribution < -0.4 is 10.6 Å². The average Bonchev–Trinajstić information content (AvgIpc) is 2.94. The number of hydrogen-bond acceptors (Lipinski definition) is 4. The smallest absolute Gasteiger partial charge is 0.336 e. The Kier molecular flexibility index (Phi) is 8.30. The highest BCUT2D eigenvalue weighted by atomic mass is 32.2. The molecule has 1 atom stereocenters. The summed E-state index contributed by atoms with van der Waals surface area (Å²) in [5.41, 5.74) is -0.647. The van der Waals surface area contributed by atoms with Gasteiger partial charge in [-0.2, -0.15) is 0 Å². The molecule has 4 aromatic rings. The van der Waals surface area contributed by atoms with Crippen molar-refractivity contribution in [3.05, 3.63) is 125 Å². The number of carboxylic acids is 1. The summed E-state index contributed by atoms with van der Waals surface area (Å²) in [6, 6.07) is 20.1. The van der Waals surface area contributed by atoms with Gasteiger partial charge in [0, 0.05) is 16.6 Å². The van der Waals surface area contributed by atoms with E-state index in [2.05, 4.69) is 5.32 Å². The molecule has 0 aliphatic rings. The Balaban J connectivity index is 1.55. The first-order valence-corrected chi connectivity index (χ1v) is 12.1. The number of anilines is 2. The molecule has 0 aliphatic heterocycles. The van der Waals surface area contributed by atoms with Crippen LogP contribution >= 0.6 is 11.8 Å². The number of carboxylic acid groups (broad SMARTS) is 1. The highest BCUT2D eigenvalue weighted by Gasteiger charge is 2.27. The molecule has 39 heavy (non-hydrogen) atoms. The second-order valence-electron chi connectivity index (χ2n) is 8.07. The van der Waals surface area contributed by atoms with E-state index >= 15 is 0 Å². The number of benzene rings is 4. The summed E-state index contributed by atoms with van der Waals surface area (Å²) >= 11 is 0.985. The van der Waals surface area contributed by atoms with Crippen LogP contribution in [0.5, 0.6) is 0 Å². The summed E-state index contributed by atoms with van der Waals surface area (Å²) in [5.74, 6) is -9.60. The summed E-state index contributed by atoms with van der Waals surface area (Å²) in [7, 11) is 0. The van der Waals surface area contributed by atoms with Crippen LogP contribution in [0.2, 0.25) is 0 Å². The second-order valence-corrected chi connectivity index (χ2v) is 9.25. The van der Waals surface area contributed by atoms with Crippen LogP contribution in [0.3, 0.4) is 0 Å². The maximum atomic E-state index is 14.2. The minimum absolute atomic E-state index is 0.0301. The lowest BCUT2D eigenvalue weighted by Gasteiger charge is -2.18. The molecule has 2 amide bonds. The van der Waals surface area contributed by atoms with Gasteiger partial charge in [0.15, 0.2) is 23.3 Å². The standard InChI is InChI=1S/C28H18F4N2O4S/c29-20-14-21(30)23(32)24(22(20)31)34-27(36)25(15-6-2-1-3-7-15)39-17-12-10-16(11-13-17)33-26(35)18-8-4-5-9-19(18)28(37)38/h1-14,25H,(H,33,35)(H,34,36)(H,37,38). The molecule has 0 saturated carbocycles. The zero-order chi connectivity index (χ0) is 28.1. The van der Waals surface area contributed by atoms with Gasteiger partial charge >= 0.3 is 5.97 Å². The second kappa shape index (κ2) is 11.8. The van der Waals surface area contributed by atoms with Crippen molar-refractivity contribution < 1.29 is 37.1 Å². The lowest BCUT2D eigenvalue weighted by atomic mass is 10.1. The van der Waals surface area contributed by atoms with Crippen molar-refractivity contribution in [2.45, 2.75) is 10.1 Å². The largest absolute Gasteiger partial charge is 0.478 e. The van der Waals surface area contributed by atoms with Crippen molar-refractivity contribution in [2.24, 2.45) is 0 Å². The molecule has 6 nitrogen and oxygen atoms in total. The fourth-order valence-corrected chi connectivity index (χ4v) is 4.62. The molecular weight excluding hydrogens is 536 g/mol. The molecule has 4 rings (SSSR count). The Morgan fingerprint density at radius 3 is 1.87 bits per heavy atom. The summed E-state index contributed by atoms with van der Waals surface area (Å²) in [6.45, 7) is 0. The molecule has 0 fully saturated rings. The number of thioether (sulfide) groups is 1. The lowest BCUT2D eigenvalue weighted by Crippen LogP contribution is -2.21. The Bertz CT molecular complexity index is 1520. The fourth-order valence-electron chi connectivity index (χ4n) is 3.59. The van der Waals surface area contributed by atoms with E-state index < -0.39 is 52.0 Å². The van der Waals surface area contributed by atoms with Gasteiger partial charge in [0.25, 0.3) is 5.91 Å². The molecule has 0 bridgehead atoms. The highest BCUT2D eigenvalue weighted by Crippen LogP contribution is 2.37. The van der Waals surface area contributed by atoms with E-state index in [4.69, 9.17) is 0 Å². The third-order valence-corrected chi connectivity index (χ3v) is 6.73. The normalized spacial score (nSPS) is 11.5. The van der Waals surface area contributed by atoms with E-state index in [0.717, 1.165) is 11.8 Å². The number of hydrogen-bond donors (Lipinski definition) is 3. The van der Waals surface area contributed by atoms with E-state index in [1.54, 1.807) is 42.5 Å². The molecular formula is C28H18F4N2O4S. The Morgan fingerprint density at radius 2 is 1.28 bits per heavy atom. The van der Waals surface area contributed by atoms with E-state index in [0.29, 0.717) is 16.1 Å². The number of carbonyl (C=O) groups is 3. The van der Waals surface area contributed by atoms with E-state index in [-0.39, 0.29) is 17.2 Å². The molecule has 0 radical (unpaired) electrons. The lowest BCUT2D eigenvalue weighted by molar-refractivity contribution is -0.115. The average molecular weight is 555 g/mol. The van der Waals surface area contributed by atoms with Crippen LogP contribution in [0.25, 0.3) is 0 Å². The van der Waals surface area contributed by atoms with Crippen molar-refractivity contribution in [1.29, 1.82) is 0 Å². The number of aromatic carboxylic acids is 1. The summed E-state index contributed by atoms with van der Waals surface area (Å²) in [6.07, 6.45) is 0. The van der Waals surface area contributed by atoms with E-state index in [9.17, 15) is 37.1 Å². The van der Waals surface area contributed by atoms with Gasteiger partial charge in [-0.3, -0.25) is 9.59 Å². The number of halogens is 4. The van der Waals surface area contributed by atoms with Crippen LogP contribution in [-0.4, -0.2) is 22.9 Å². The Hall–Kier alpha value is -4.64. The number of nitrogens with one attached hydrogen (secondary N) is 2. The zero-order valence-electron chi connectivity index (χ0n) is 19.8. The van der Waals surface area contributed by atoms with Crippen LogP contribution in [0.15, 0.2) is 89.8 Å². The molecule has 4 aromatic carbocycles. The Labute approximate surface area is 223 Å². The van der Waals surface area contributed by atoms with Gasteiger partial charge in [0.05, 0.1) is 11.1 Å². The van der Waals surface area contributed by atoms with E-state index in [1.165, 1.54) is 36.4 Å². The monoisotopic (exact) mass is 554 g/mol. The van der Waals surface area contributed by atoms with Gasteiger partial charge in [-0.05, 0) is 42.0 Å². The fraction of sp³-hybridized carbons (Fsp3) is 0.0357. The predicted octanol–water partition coefficient (Wildman–Crippen LogP) is 6.67. The quantitative estimate of drug-likeness (QED) is 0.129. The summed E-state index contributed by atoms with van der Waals surface area (Å²) in [4.78, 5) is 37.6. The third kappa shape index (κ3) is 6.27. The molecule has 0 aromatic heterocycles. The maximum absolute atomic E-state index is 14.2. The van der Waals surface area contributed by atoms with Crippen molar-refractivity contribution in [3.8, 4) is 0 Å². The summed E-state index contributed by atoms with van der Waals surface area (Å²) < 4.78 is 55.6. The minimum Gasteiger partial charge on any atom is -0.478 e. The number of amides is 2. The molecule has 0 heterocycles.